The van der Waals surface area contributed by atoms with Crippen molar-refractivity contribution in [3.63, 3.8) is 0 Å². The monoisotopic (exact) mass is 253 g/mol. The lowest BCUT2D eigenvalue weighted by atomic mass is 9.94. The molecule has 0 aromatic heterocycles. The van der Waals surface area contributed by atoms with Crippen LogP contribution in [0.15, 0.2) is 6.07 Å². The molecule has 0 fully saturated rings. The molecule has 0 heterocycles. The summed E-state index contributed by atoms with van der Waals surface area (Å²) in [6.45, 7) is 4.07. The Morgan fingerprint density at radius 3 is 2.41 bits per heavy atom. The van der Waals surface area contributed by atoms with E-state index >= 15 is 0 Å². The average Bonchev–Trinajstić information content (AvgIpc) is 2.28. The van der Waals surface area contributed by atoms with Gasteiger partial charge in [0.05, 0.1) is 31.7 Å². The van der Waals surface area contributed by atoms with Gasteiger partial charge < -0.3 is 9.47 Å². The van der Waals surface area contributed by atoms with Crippen molar-refractivity contribution in [2.24, 2.45) is 0 Å². The number of rotatable bonds is 4. The minimum Gasteiger partial charge on any atom is -0.493 e. The van der Waals surface area contributed by atoms with Crippen molar-refractivity contribution < 1.29 is 9.47 Å². The molecule has 0 N–H and O–H groups in total. The van der Waals surface area contributed by atoms with Crippen LogP contribution in [0.2, 0.25) is 5.02 Å². The summed E-state index contributed by atoms with van der Waals surface area (Å²) in [6.07, 6.45) is 0.313. The van der Waals surface area contributed by atoms with Gasteiger partial charge in [-0.25, -0.2) is 0 Å². The van der Waals surface area contributed by atoms with Crippen LogP contribution in [0.3, 0.4) is 0 Å². The molecule has 0 radical (unpaired) electrons. The van der Waals surface area contributed by atoms with Crippen molar-refractivity contribution >= 4 is 11.6 Å². The molecule has 0 bridgehead atoms. The van der Waals surface area contributed by atoms with Crippen molar-refractivity contribution in [1.29, 1.82) is 5.26 Å². The number of ether oxygens (including phenoxy) is 2. The Hall–Kier alpha value is -1.40. The summed E-state index contributed by atoms with van der Waals surface area (Å²) in [5, 5.41) is 9.38. The standard InChI is InChI=1S/C13H16ClNO2/c1-8(2)11-9(5-6-15)7-10(16-3)13(17-4)12(11)14/h7-8H,5H2,1-4H3. The van der Waals surface area contributed by atoms with Crippen molar-refractivity contribution in [2.45, 2.75) is 26.2 Å². The Labute approximate surface area is 107 Å². The third-order valence-corrected chi connectivity index (χ3v) is 2.96. The molecule has 92 valence electrons. The van der Waals surface area contributed by atoms with Gasteiger partial charge in [-0.15, -0.1) is 0 Å². The van der Waals surface area contributed by atoms with E-state index in [0.29, 0.717) is 22.9 Å². The van der Waals surface area contributed by atoms with Gasteiger partial charge in [-0.1, -0.05) is 25.4 Å². The second-order valence-corrected chi connectivity index (χ2v) is 4.37. The summed E-state index contributed by atoms with van der Waals surface area (Å²) in [4.78, 5) is 0. The Morgan fingerprint density at radius 1 is 1.35 bits per heavy atom. The molecule has 0 spiro atoms. The number of nitriles is 1. The van der Waals surface area contributed by atoms with Crippen molar-refractivity contribution in [3.8, 4) is 17.6 Å². The van der Waals surface area contributed by atoms with Crippen molar-refractivity contribution in [3.05, 3.63) is 22.2 Å². The van der Waals surface area contributed by atoms with Crippen LogP contribution in [0.5, 0.6) is 11.5 Å². The first-order valence-corrected chi connectivity index (χ1v) is 5.74. The largest absolute Gasteiger partial charge is 0.493 e. The molecular formula is C13H16ClNO2. The first-order chi connectivity index (χ1) is 8.06. The smallest absolute Gasteiger partial charge is 0.179 e. The van der Waals surface area contributed by atoms with E-state index in [1.54, 1.807) is 14.2 Å². The number of methoxy groups -OCH3 is 2. The Bertz CT molecular complexity index is 450. The van der Waals surface area contributed by atoms with Gasteiger partial charge in [-0.2, -0.15) is 5.26 Å². The van der Waals surface area contributed by atoms with Crippen LogP contribution in [0, 0.1) is 11.3 Å². The van der Waals surface area contributed by atoms with Gasteiger partial charge in [0.15, 0.2) is 11.5 Å². The van der Waals surface area contributed by atoms with Crippen LogP contribution in [-0.4, -0.2) is 14.2 Å². The van der Waals surface area contributed by atoms with E-state index in [0.717, 1.165) is 11.1 Å². The molecule has 4 heteroatoms. The molecule has 0 saturated carbocycles. The van der Waals surface area contributed by atoms with Crippen LogP contribution in [0.1, 0.15) is 30.9 Å². The maximum Gasteiger partial charge on any atom is 0.179 e. The number of benzene rings is 1. The molecule has 0 aliphatic rings. The second kappa shape index (κ2) is 5.79. The van der Waals surface area contributed by atoms with Gasteiger partial charge in [0.25, 0.3) is 0 Å². The highest BCUT2D eigenvalue weighted by atomic mass is 35.5. The predicted octanol–water partition coefficient (Wildman–Crippen LogP) is 3.55. The van der Waals surface area contributed by atoms with E-state index in [1.807, 2.05) is 19.9 Å². The fourth-order valence-corrected chi connectivity index (χ4v) is 2.38. The van der Waals surface area contributed by atoms with Crippen molar-refractivity contribution in [2.75, 3.05) is 14.2 Å². The molecular weight excluding hydrogens is 238 g/mol. The fraction of sp³-hybridized carbons (Fsp3) is 0.462. The lowest BCUT2D eigenvalue weighted by Crippen LogP contribution is -2.02. The highest BCUT2D eigenvalue weighted by Crippen LogP contribution is 2.42. The summed E-state index contributed by atoms with van der Waals surface area (Å²) >= 11 is 6.31. The Kier molecular flexibility index (Phi) is 4.65. The Balaban J connectivity index is 3.51. The summed E-state index contributed by atoms with van der Waals surface area (Å²) < 4.78 is 10.5. The lowest BCUT2D eigenvalue weighted by Gasteiger charge is -2.18. The SMILES string of the molecule is COc1cc(CC#N)c(C(C)C)c(Cl)c1OC. The lowest BCUT2D eigenvalue weighted by molar-refractivity contribution is 0.354. The van der Waals surface area contributed by atoms with Crippen LogP contribution in [0.25, 0.3) is 0 Å². The van der Waals surface area contributed by atoms with Gasteiger partial charge in [0.1, 0.15) is 0 Å². The van der Waals surface area contributed by atoms with E-state index in [-0.39, 0.29) is 5.92 Å². The minimum absolute atomic E-state index is 0.227. The fourth-order valence-electron chi connectivity index (χ4n) is 1.87. The summed E-state index contributed by atoms with van der Waals surface area (Å²) in [7, 11) is 3.11. The minimum atomic E-state index is 0.227. The number of hydrogen-bond donors (Lipinski definition) is 0. The van der Waals surface area contributed by atoms with Gasteiger partial charge in [-0.3, -0.25) is 0 Å². The zero-order chi connectivity index (χ0) is 13.0. The van der Waals surface area contributed by atoms with E-state index in [9.17, 15) is 0 Å². The maximum atomic E-state index is 8.84. The highest BCUT2D eigenvalue weighted by Gasteiger charge is 2.19. The summed E-state index contributed by atoms with van der Waals surface area (Å²) in [5.41, 5.74) is 1.84. The topological polar surface area (TPSA) is 42.2 Å². The second-order valence-electron chi connectivity index (χ2n) is 3.99. The van der Waals surface area contributed by atoms with E-state index < -0.39 is 0 Å². The predicted molar refractivity (Wildman–Crippen MR) is 68.0 cm³/mol. The molecule has 3 nitrogen and oxygen atoms in total. The third kappa shape index (κ3) is 2.65. The van der Waals surface area contributed by atoms with E-state index in [2.05, 4.69) is 6.07 Å². The molecule has 1 aromatic rings. The molecule has 1 aromatic carbocycles. The Morgan fingerprint density at radius 2 is 2.00 bits per heavy atom. The average molecular weight is 254 g/mol. The van der Waals surface area contributed by atoms with Crippen LogP contribution < -0.4 is 9.47 Å². The van der Waals surface area contributed by atoms with E-state index in [4.69, 9.17) is 26.3 Å². The quantitative estimate of drug-likeness (QED) is 0.824. The first kappa shape index (κ1) is 13.7. The number of halogens is 1. The highest BCUT2D eigenvalue weighted by molar-refractivity contribution is 6.33. The maximum absolute atomic E-state index is 8.84. The van der Waals surface area contributed by atoms with Gasteiger partial charge in [0, 0.05) is 0 Å². The molecule has 0 atom stereocenters. The zero-order valence-corrected chi connectivity index (χ0v) is 11.3. The summed E-state index contributed by atoms with van der Waals surface area (Å²) in [6, 6.07) is 3.96. The molecule has 0 saturated heterocycles. The summed E-state index contributed by atoms with van der Waals surface area (Å²) in [5.74, 6) is 1.32. The van der Waals surface area contributed by atoms with E-state index in [1.165, 1.54) is 0 Å². The van der Waals surface area contributed by atoms with Gasteiger partial charge in [-0.05, 0) is 23.1 Å². The molecule has 17 heavy (non-hydrogen) atoms. The van der Waals surface area contributed by atoms with Crippen LogP contribution in [-0.2, 0) is 6.42 Å². The number of hydrogen-bond acceptors (Lipinski definition) is 3. The van der Waals surface area contributed by atoms with Crippen LogP contribution in [0.4, 0.5) is 0 Å². The number of nitrogens with zero attached hydrogens (tertiary/aromatic N) is 1. The molecule has 0 unspecified atom stereocenters. The van der Waals surface area contributed by atoms with Crippen LogP contribution >= 0.6 is 11.6 Å². The molecule has 0 aliphatic heterocycles. The zero-order valence-electron chi connectivity index (χ0n) is 10.5. The third-order valence-electron chi connectivity index (χ3n) is 2.58. The van der Waals surface area contributed by atoms with Crippen molar-refractivity contribution in [1.82, 2.24) is 0 Å². The molecule has 0 aliphatic carbocycles. The molecule has 0 amide bonds. The van der Waals surface area contributed by atoms with Gasteiger partial charge >= 0.3 is 0 Å². The van der Waals surface area contributed by atoms with Gasteiger partial charge in [0.2, 0.25) is 0 Å². The molecule has 1 rings (SSSR count). The normalized spacial score (nSPS) is 10.2. The first-order valence-electron chi connectivity index (χ1n) is 5.37.